The summed E-state index contributed by atoms with van der Waals surface area (Å²) in [5.74, 6) is 0.0213. The lowest BCUT2D eigenvalue weighted by Crippen LogP contribution is -2.27. The topological polar surface area (TPSA) is 46.9 Å². The van der Waals surface area contributed by atoms with E-state index in [1.807, 2.05) is 24.7 Å². The van der Waals surface area contributed by atoms with E-state index in [9.17, 15) is 4.79 Å². The first kappa shape index (κ1) is 10.1. The van der Waals surface area contributed by atoms with E-state index in [1.165, 1.54) is 11.8 Å². The van der Waals surface area contributed by atoms with Crippen LogP contribution in [0.4, 0.5) is 0 Å². The second kappa shape index (κ2) is 4.32. The first-order valence-corrected chi connectivity index (χ1v) is 4.88. The summed E-state index contributed by atoms with van der Waals surface area (Å²) in [6.45, 7) is 1.86. The number of nitrogens with one attached hydrogen (secondary N) is 1. The minimum absolute atomic E-state index is 0.0213. The maximum Gasteiger partial charge on any atom is 0.233 e. The van der Waals surface area contributed by atoms with E-state index in [2.05, 4.69) is 10.3 Å². The molecular formula is C8H13N3OS. The van der Waals surface area contributed by atoms with E-state index < -0.39 is 0 Å². The van der Waals surface area contributed by atoms with Crippen LogP contribution in [0.25, 0.3) is 0 Å². The number of rotatable bonds is 3. The SMILES string of the molecule is CNC(=O)C(C)Sc1nccn1C. The largest absolute Gasteiger partial charge is 0.358 e. The molecule has 1 amide bonds. The van der Waals surface area contributed by atoms with Crippen LogP contribution in [0.15, 0.2) is 17.6 Å². The van der Waals surface area contributed by atoms with Crippen molar-refractivity contribution in [3.8, 4) is 0 Å². The molecule has 1 heterocycles. The quantitative estimate of drug-likeness (QED) is 0.727. The second-order valence-electron chi connectivity index (χ2n) is 2.70. The summed E-state index contributed by atoms with van der Waals surface area (Å²) >= 11 is 1.45. The van der Waals surface area contributed by atoms with Gasteiger partial charge in [0.05, 0.1) is 5.25 Å². The number of thioether (sulfide) groups is 1. The van der Waals surface area contributed by atoms with Gasteiger partial charge in [-0.15, -0.1) is 0 Å². The van der Waals surface area contributed by atoms with E-state index >= 15 is 0 Å². The fraction of sp³-hybridized carbons (Fsp3) is 0.500. The highest BCUT2D eigenvalue weighted by molar-refractivity contribution is 8.00. The van der Waals surface area contributed by atoms with Crippen LogP contribution in [0.1, 0.15) is 6.92 Å². The van der Waals surface area contributed by atoms with Crippen molar-refractivity contribution in [2.24, 2.45) is 7.05 Å². The molecular weight excluding hydrogens is 186 g/mol. The van der Waals surface area contributed by atoms with Crippen LogP contribution < -0.4 is 5.32 Å². The van der Waals surface area contributed by atoms with Crippen LogP contribution in [-0.2, 0) is 11.8 Å². The number of hydrogen-bond donors (Lipinski definition) is 1. The Morgan fingerprint density at radius 1 is 1.77 bits per heavy atom. The summed E-state index contributed by atoms with van der Waals surface area (Å²) in [6, 6.07) is 0. The Hall–Kier alpha value is -0.970. The van der Waals surface area contributed by atoms with Crippen molar-refractivity contribution in [3.63, 3.8) is 0 Å². The lowest BCUT2D eigenvalue weighted by Gasteiger charge is -2.08. The van der Waals surface area contributed by atoms with E-state index in [1.54, 1.807) is 13.2 Å². The average molecular weight is 199 g/mol. The molecule has 0 bridgehead atoms. The molecule has 1 rings (SSSR count). The lowest BCUT2D eigenvalue weighted by molar-refractivity contribution is -0.119. The average Bonchev–Trinajstić information content (AvgIpc) is 2.50. The monoisotopic (exact) mass is 199 g/mol. The maximum atomic E-state index is 11.2. The maximum absolute atomic E-state index is 11.2. The molecule has 0 fully saturated rings. The van der Waals surface area contributed by atoms with Gasteiger partial charge in [0.25, 0.3) is 0 Å². The van der Waals surface area contributed by atoms with Crippen molar-refractivity contribution >= 4 is 17.7 Å². The fourth-order valence-electron chi connectivity index (χ4n) is 0.880. The molecule has 0 aliphatic rings. The highest BCUT2D eigenvalue weighted by atomic mass is 32.2. The summed E-state index contributed by atoms with van der Waals surface area (Å²) in [6.07, 6.45) is 3.58. The van der Waals surface area contributed by atoms with Crippen LogP contribution in [0.3, 0.4) is 0 Å². The molecule has 1 N–H and O–H groups in total. The fourth-order valence-corrected chi connectivity index (χ4v) is 1.77. The lowest BCUT2D eigenvalue weighted by atomic mass is 10.4. The molecule has 0 aromatic carbocycles. The summed E-state index contributed by atoms with van der Waals surface area (Å²) < 4.78 is 1.89. The van der Waals surface area contributed by atoms with Gasteiger partial charge in [0.1, 0.15) is 0 Å². The van der Waals surface area contributed by atoms with Crippen LogP contribution in [0.5, 0.6) is 0 Å². The number of aromatic nitrogens is 2. The third-order valence-electron chi connectivity index (χ3n) is 1.67. The van der Waals surface area contributed by atoms with E-state index in [0.717, 1.165) is 5.16 Å². The smallest absolute Gasteiger partial charge is 0.233 e. The molecule has 5 heteroatoms. The van der Waals surface area contributed by atoms with Crippen molar-refractivity contribution in [3.05, 3.63) is 12.4 Å². The van der Waals surface area contributed by atoms with E-state index in [-0.39, 0.29) is 11.2 Å². The predicted molar refractivity (Wildman–Crippen MR) is 52.6 cm³/mol. The zero-order valence-corrected chi connectivity index (χ0v) is 8.76. The summed E-state index contributed by atoms with van der Waals surface area (Å²) in [5, 5.41) is 3.35. The first-order chi connectivity index (χ1) is 6.15. The zero-order chi connectivity index (χ0) is 9.84. The number of amides is 1. The number of aryl methyl sites for hydroxylation is 1. The molecule has 0 radical (unpaired) electrons. The van der Waals surface area contributed by atoms with E-state index in [0.29, 0.717) is 0 Å². The minimum Gasteiger partial charge on any atom is -0.358 e. The number of carbonyl (C=O) groups is 1. The van der Waals surface area contributed by atoms with Gasteiger partial charge in [-0.2, -0.15) is 0 Å². The van der Waals surface area contributed by atoms with Crippen LogP contribution in [0, 0.1) is 0 Å². The minimum atomic E-state index is -0.105. The summed E-state index contributed by atoms with van der Waals surface area (Å²) in [7, 11) is 3.55. The van der Waals surface area contributed by atoms with E-state index in [4.69, 9.17) is 0 Å². The Labute approximate surface area is 81.7 Å². The first-order valence-electron chi connectivity index (χ1n) is 4.00. The van der Waals surface area contributed by atoms with Crippen LogP contribution in [0.2, 0.25) is 0 Å². The van der Waals surface area contributed by atoms with Crippen molar-refractivity contribution in [2.45, 2.75) is 17.3 Å². The van der Waals surface area contributed by atoms with Gasteiger partial charge in [-0.1, -0.05) is 11.8 Å². The molecule has 0 aliphatic carbocycles. The number of nitrogens with zero attached hydrogens (tertiary/aromatic N) is 2. The van der Waals surface area contributed by atoms with Gasteiger partial charge in [0.15, 0.2) is 5.16 Å². The van der Waals surface area contributed by atoms with Crippen LogP contribution >= 0.6 is 11.8 Å². The third-order valence-corrected chi connectivity index (χ3v) is 2.85. The summed E-state index contributed by atoms with van der Waals surface area (Å²) in [5.41, 5.74) is 0. The van der Waals surface area contributed by atoms with Crippen molar-refractivity contribution in [2.75, 3.05) is 7.05 Å². The van der Waals surface area contributed by atoms with Crippen molar-refractivity contribution < 1.29 is 4.79 Å². The Balaban J connectivity index is 2.59. The normalized spacial score (nSPS) is 12.5. The highest BCUT2D eigenvalue weighted by Crippen LogP contribution is 2.20. The molecule has 0 aliphatic heterocycles. The van der Waals surface area contributed by atoms with Crippen LogP contribution in [-0.4, -0.2) is 27.8 Å². The molecule has 1 unspecified atom stereocenters. The molecule has 1 atom stereocenters. The molecule has 4 nitrogen and oxygen atoms in total. The Bertz CT molecular complexity index is 297. The third kappa shape index (κ3) is 2.48. The van der Waals surface area contributed by atoms with Gasteiger partial charge < -0.3 is 9.88 Å². The molecule has 0 saturated carbocycles. The number of imidazole rings is 1. The Morgan fingerprint density at radius 2 is 2.46 bits per heavy atom. The molecule has 0 saturated heterocycles. The standard InChI is InChI=1S/C8H13N3OS/c1-6(7(12)9-2)13-8-10-4-5-11(8)3/h4-6H,1-3H3,(H,9,12). The Kier molecular flexibility index (Phi) is 3.36. The van der Waals surface area contributed by atoms with Gasteiger partial charge >= 0.3 is 0 Å². The van der Waals surface area contributed by atoms with Crippen molar-refractivity contribution in [1.82, 2.24) is 14.9 Å². The van der Waals surface area contributed by atoms with Gasteiger partial charge in [0, 0.05) is 26.5 Å². The zero-order valence-electron chi connectivity index (χ0n) is 7.94. The van der Waals surface area contributed by atoms with Gasteiger partial charge in [-0.25, -0.2) is 4.98 Å². The second-order valence-corrected chi connectivity index (χ2v) is 4.00. The number of hydrogen-bond acceptors (Lipinski definition) is 3. The predicted octanol–water partition coefficient (Wildman–Crippen LogP) is 0.647. The highest BCUT2D eigenvalue weighted by Gasteiger charge is 2.14. The van der Waals surface area contributed by atoms with Gasteiger partial charge in [0.2, 0.25) is 5.91 Å². The van der Waals surface area contributed by atoms with Gasteiger partial charge in [-0.05, 0) is 6.92 Å². The molecule has 1 aromatic rings. The van der Waals surface area contributed by atoms with Crippen molar-refractivity contribution in [1.29, 1.82) is 0 Å². The summed E-state index contributed by atoms with van der Waals surface area (Å²) in [4.78, 5) is 15.3. The molecule has 13 heavy (non-hydrogen) atoms. The molecule has 1 aromatic heterocycles. The van der Waals surface area contributed by atoms with Gasteiger partial charge in [-0.3, -0.25) is 4.79 Å². The molecule has 0 spiro atoms. The molecule has 72 valence electrons. The number of carbonyl (C=O) groups excluding carboxylic acids is 1. The Morgan fingerprint density at radius 3 is 2.92 bits per heavy atom.